The molecule has 94 valence electrons. The predicted molar refractivity (Wildman–Crippen MR) is 67.9 cm³/mol. The highest BCUT2D eigenvalue weighted by atomic mass is 15.4. The summed E-state index contributed by atoms with van der Waals surface area (Å²) in [6, 6.07) is 2.72. The highest BCUT2D eigenvalue weighted by molar-refractivity contribution is 5.04. The molecule has 1 saturated heterocycles. The van der Waals surface area contributed by atoms with Gasteiger partial charge in [-0.05, 0) is 45.5 Å². The van der Waals surface area contributed by atoms with Gasteiger partial charge in [-0.25, -0.2) is 0 Å². The molecule has 17 heavy (non-hydrogen) atoms. The normalized spacial score (nSPS) is 26.3. The molecule has 0 aromatic carbocycles. The lowest BCUT2D eigenvalue weighted by molar-refractivity contribution is 0.186. The van der Waals surface area contributed by atoms with Crippen molar-refractivity contribution in [2.75, 3.05) is 33.2 Å². The van der Waals surface area contributed by atoms with Crippen molar-refractivity contribution in [1.82, 2.24) is 19.6 Å². The second-order valence-corrected chi connectivity index (χ2v) is 5.46. The Balaban J connectivity index is 1.63. The number of likely N-dealkylation sites (tertiary alicyclic amines) is 1. The van der Waals surface area contributed by atoms with Crippen molar-refractivity contribution in [3.8, 4) is 0 Å². The zero-order chi connectivity index (χ0) is 11.7. The SMILES string of the molecule is CN1Cc2ccnn2[C@H](CCN2CCCC2)C1. The Bertz CT molecular complexity index is 367. The molecule has 0 amide bonds. The maximum Gasteiger partial charge on any atom is 0.0662 e. The van der Waals surface area contributed by atoms with Crippen LogP contribution in [0.1, 0.15) is 31.0 Å². The van der Waals surface area contributed by atoms with E-state index in [4.69, 9.17) is 0 Å². The van der Waals surface area contributed by atoms with E-state index < -0.39 is 0 Å². The van der Waals surface area contributed by atoms with E-state index in [-0.39, 0.29) is 0 Å². The van der Waals surface area contributed by atoms with Crippen LogP contribution in [0, 0.1) is 0 Å². The molecule has 0 unspecified atom stereocenters. The lowest BCUT2D eigenvalue weighted by atomic mass is 10.1. The lowest BCUT2D eigenvalue weighted by Gasteiger charge is -2.32. The van der Waals surface area contributed by atoms with Crippen molar-refractivity contribution in [3.05, 3.63) is 18.0 Å². The zero-order valence-corrected chi connectivity index (χ0v) is 10.7. The third-order valence-corrected chi connectivity index (χ3v) is 4.03. The van der Waals surface area contributed by atoms with Gasteiger partial charge in [0, 0.05) is 25.8 Å². The van der Waals surface area contributed by atoms with E-state index >= 15 is 0 Å². The van der Waals surface area contributed by atoms with E-state index in [0.29, 0.717) is 6.04 Å². The molecule has 3 heterocycles. The average Bonchev–Trinajstić information content (AvgIpc) is 2.95. The summed E-state index contributed by atoms with van der Waals surface area (Å²) in [5.74, 6) is 0. The van der Waals surface area contributed by atoms with E-state index in [2.05, 4.69) is 32.7 Å². The molecule has 4 nitrogen and oxygen atoms in total. The van der Waals surface area contributed by atoms with Crippen LogP contribution in [-0.4, -0.2) is 52.8 Å². The van der Waals surface area contributed by atoms with Crippen LogP contribution in [0.2, 0.25) is 0 Å². The van der Waals surface area contributed by atoms with Crippen LogP contribution in [0.3, 0.4) is 0 Å². The summed E-state index contributed by atoms with van der Waals surface area (Å²) in [5, 5.41) is 4.49. The summed E-state index contributed by atoms with van der Waals surface area (Å²) in [6.07, 6.45) is 5.95. The van der Waals surface area contributed by atoms with Crippen LogP contribution in [0.25, 0.3) is 0 Å². The second kappa shape index (κ2) is 4.78. The number of rotatable bonds is 3. The summed E-state index contributed by atoms with van der Waals surface area (Å²) in [5.41, 5.74) is 1.37. The number of likely N-dealkylation sites (N-methyl/N-ethyl adjacent to an activating group) is 1. The molecule has 0 bridgehead atoms. The Morgan fingerprint density at radius 2 is 2.18 bits per heavy atom. The monoisotopic (exact) mass is 234 g/mol. The van der Waals surface area contributed by atoms with E-state index in [1.54, 1.807) is 0 Å². The first-order valence-corrected chi connectivity index (χ1v) is 6.76. The van der Waals surface area contributed by atoms with Crippen molar-refractivity contribution < 1.29 is 0 Å². The molecule has 1 fully saturated rings. The van der Waals surface area contributed by atoms with Crippen LogP contribution in [0.5, 0.6) is 0 Å². The van der Waals surface area contributed by atoms with Gasteiger partial charge in [-0.15, -0.1) is 0 Å². The fourth-order valence-electron chi connectivity index (χ4n) is 3.13. The molecule has 2 aliphatic heterocycles. The van der Waals surface area contributed by atoms with Crippen molar-refractivity contribution >= 4 is 0 Å². The molecule has 4 heteroatoms. The number of hydrogen-bond acceptors (Lipinski definition) is 3. The number of aromatic nitrogens is 2. The fourth-order valence-corrected chi connectivity index (χ4v) is 3.13. The standard InChI is InChI=1S/C13H22N4/c1-15-10-12-4-6-14-17(12)13(11-15)5-9-16-7-2-3-8-16/h4,6,13H,2-3,5,7-11H2,1H3/t13-/m1/s1. The third kappa shape index (κ3) is 2.38. The van der Waals surface area contributed by atoms with Gasteiger partial charge in [0.25, 0.3) is 0 Å². The van der Waals surface area contributed by atoms with Crippen molar-refractivity contribution in [1.29, 1.82) is 0 Å². The molecule has 0 N–H and O–H groups in total. The Kier molecular flexibility index (Phi) is 3.16. The Hall–Kier alpha value is -0.870. The highest BCUT2D eigenvalue weighted by Gasteiger charge is 2.24. The molecule has 0 aliphatic carbocycles. The maximum absolute atomic E-state index is 4.49. The Labute approximate surface area is 103 Å². The molecule has 1 aromatic heterocycles. The van der Waals surface area contributed by atoms with Gasteiger partial charge in [-0.1, -0.05) is 0 Å². The van der Waals surface area contributed by atoms with Crippen LogP contribution < -0.4 is 0 Å². The molecule has 1 atom stereocenters. The highest BCUT2D eigenvalue weighted by Crippen LogP contribution is 2.22. The molecule has 0 radical (unpaired) electrons. The van der Waals surface area contributed by atoms with Gasteiger partial charge in [-0.3, -0.25) is 9.58 Å². The van der Waals surface area contributed by atoms with E-state index in [1.807, 2.05) is 6.20 Å². The largest absolute Gasteiger partial charge is 0.303 e. The van der Waals surface area contributed by atoms with Crippen molar-refractivity contribution in [3.63, 3.8) is 0 Å². The molecule has 2 aliphatic rings. The molecular formula is C13H22N4. The average molecular weight is 234 g/mol. The van der Waals surface area contributed by atoms with Crippen LogP contribution in [0.15, 0.2) is 12.3 Å². The van der Waals surface area contributed by atoms with Gasteiger partial charge in [0.05, 0.1) is 11.7 Å². The van der Waals surface area contributed by atoms with Crippen LogP contribution in [0.4, 0.5) is 0 Å². The first-order chi connectivity index (χ1) is 8.33. The molecule has 0 spiro atoms. The van der Waals surface area contributed by atoms with Crippen molar-refractivity contribution in [2.24, 2.45) is 0 Å². The summed E-state index contributed by atoms with van der Waals surface area (Å²) in [7, 11) is 2.21. The van der Waals surface area contributed by atoms with E-state index in [9.17, 15) is 0 Å². The summed E-state index contributed by atoms with van der Waals surface area (Å²) < 4.78 is 2.25. The molecule has 3 rings (SSSR count). The van der Waals surface area contributed by atoms with Crippen LogP contribution in [-0.2, 0) is 6.54 Å². The first-order valence-electron chi connectivity index (χ1n) is 6.76. The van der Waals surface area contributed by atoms with Gasteiger partial charge in [0.1, 0.15) is 0 Å². The van der Waals surface area contributed by atoms with Crippen molar-refractivity contribution in [2.45, 2.75) is 31.8 Å². The molecule has 0 saturated carbocycles. The third-order valence-electron chi connectivity index (χ3n) is 4.03. The summed E-state index contributed by atoms with van der Waals surface area (Å²) in [6.45, 7) is 6.02. The van der Waals surface area contributed by atoms with Gasteiger partial charge in [0.2, 0.25) is 0 Å². The topological polar surface area (TPSA) is 24.3 Å². The number of hydrogen-bond donors (Lipinski definition) is 0. The van der Waals surface area contributed by atoms with Gasteiger partial charge >= 0.3 is 0 Å². The van der Waals surface area contributed by atoms with E-state index in [0.717, 1.165) is 13.1 Å². The molecule has 1 aromatic rings. The minimum atomic E-state index is 0.569. The smallest absolute Gasteiger partial charge is 0.0662 e. The van der Waals surface area contributed by atoms with E-state index in [1.165, 1.54) is 44.6 Å². The lowest BCUT2D eigenvalue weighted by Crippen LogP contribution is -2.36. The predicted octanol–water partition coefficient (Wildman–Crippen LogP) is 1.36. The minimum Gasteiger partial charge on any atom is -0.303 e. The quantitative estimate of drug-likeness (QED) is 0.789. The minimum absolute atomic E-state index is 0.569. The van der Waals surface area contributed by atoms with Gasteiger partial charge in [0.15, 0.2) is 0 Å². The van der Waals surface area contributed by atoms with Gasteiger partial charge in [-0.2, -0.15) is 5.10 Å². The Morgan fingerprint density at radius 3 is 3.00 bits per heavy atom. The molecular weight excluding hydrogens is 212 g/mol. The maximum atomic E-state index is 4.49. The summed E-state index contributed by atoms with van der Waals surface area (Å²) in [4.78, 5) is 5.00. The number of nitrogens with zero attached hydrogens (tertiary/aromatic N) is 4. The Morgan fingerprint density at radius 1 is 1.35 bits per heavy atom. The second-order valence-electron chi connectivity index (χ2n) is 5.46. The summed E-state index contributed by atoms with van der Waals surface area (Å²) >= 11 is 0. The number of fused-ring (bicyclic) bond motifs is 1. The zero-order valence-electron chi connectivity index (χ0n) is 10.7. The van der Waals surface area contributed by atoms with Gasteiger partial charge < -0.3 is 4.90 Å². The first kappa shape index (κ1) is 11.2. The van der Waals surface area contributed by atoms with Crippen LogP contribution >= 0.6 is 0 Å². The fraction of sp³-hybridized carbons (Fsp3) is 0.769.